The average Bonchev–Trinajstić information content (AvgIpc) is 2.58. The normalized spacial score (nSPS) is 22.5. The van der Waals surface area contributed by atoms with Crippen LogP contribution in [0.15, 0.2) is 17.0 Å². The first kappa shape index (κ1) is 16.1. The number of hydrogen-bond acceptors (Lipinski definition) is 3. The van der Waals surface area contributed by atoms with Gasteiger partial charge in [0.15, 0.2) is 0 Å². The molecule has 1 aromatic carbocycles. The third-order valence-corrected chi connectivity index (χ3v) is 7.34. The van der Waals surface area contributed by atoms with Gasteiger partial charge >= 0.3 is 0 Å². The van der Waals surface area contributed by atoms with E-state index >= 15 is 0 Å². The highest BCUT2D eigenvalue weighted by molar-refractivity contribution is 7.89. The summed E-state index contributed by atoms with van der Waals surface area (Å²) in [7, 11) is -1.35. The smallest absolute Gasteiger partial charge is 0.243 e. The molecule has 3 aliphatic rings. The average molecular weight is 350 g/mol. The summed E-state index contributed by atoms with van der Waals surface area (Å²) >= 11 is 0. The molecule has 24 heavy (non-hydrogen) atoms. The molecule has 0 atom stereocenters. The zero-order valence-electron chi connectivity index (χ0n) is 14.0. The number of quaternary nitrogens is 1. The fourth-order valence-electron chi connectivity index (χ4n) is 4.03. The summed E-state index contributed by atoms with van der Waals surface area (Å²) in [5.41, 5.74) is 3.02. The van der Waals surface area contributed by atoms with Gasteiger partial charge in [-0.25, -0.2) is 8.42 Å². The summed E-state index contributed by atoms with van der Waals surface area (Å²) < 4.78 is 27.7. The molecule has 7 heteroatoms. The number of aryl methyl sites for hydroxylation is 2. The number of sulfonamides is 1. The van der Waals surface area contributed by atoms with E-state index in [1.165, 1.54) is 4.90 Å². The van der Waals surface area contributed by atoms with Crippen molar-refractivity contribution < 1.29 is 18.1 Å². The monoisotopic (exact) mass is 350 g/mol. The van der Waals surface area contributed by atoms with E-state index < -0.39 is 10.0 Å². The van der Waals surface area contributed by atoms with Crippen molar-refractivity contribution in [1.82, 2.24) is 4.31 Å². The second-order valence-electron chi connectivity index (χ2n) is 7.10. The lowest BCUT2D eigenvalue weighted by atomic mass is 9.92. The highest BCUT2D eigenvalue weighted by atomic mass is 32.2. The predicted octanol–water partition coefficient (Wildman–Crippen LogP) is -0.569. The Hall–Kier alpha value is -1.44. The maximum Gasteiger partial charge on any atom is 0.243 e. The number of rotatable bonds is 2. The first-order valence-corrected chi connectivity index (χ1v) is 10.2. The van der Waals surface area contributed by atoms with Crippen LogP contribution in [0.3, 0.4) is 0 Å². The Bertz CT molecular complexity index is 765. The number of nitrogens with zero attached hydrogens (tertiary/aromatic N) is 2. The van der Waals surface area contributed by atoms with Crippen LogP contribution in [0.1, 0.15) is 24.0 Å². The van der Waals surface area contributed by atoms with Gasteiger partial charge in [0.1, 0.15) is 0 Å². The Labute approximate surface area is 143 Å². The van der Waals surface area contributed by atoms with Crippen molar-refractivity contribution >= 4 is 21.6 Å². The van der Waals surface area contributed by atoms with E-state index in [0.717, 1.165) is 49.3 Å². The van der Waals surface area contributed by atoms with Crippen LogP contribution in [-0.2, 0) is 27.7 Å². The van der Waals surface area contributed by atoms with Crippen molar-refractivity contribution in [3.63, 3.8) is 0 Å². The van der Waals surface area contributed by atoms with Gasteiger partial charge in [0.25, 0.3) is 0 Å². The lowest BCUT2D eigenvalue weighted by Crippen LogP contribution is -3.12. The number of likely N-dealkylation sites (N-methyl/N-ethyl adjacent to an activating group) is 1. The van der Waals surface area contributed by atoms with Crippen LogP contribution in [0.4, 0.5) is 5.69 Å². The van der Waals surface area contributed by atoms with Crippen LogP contribution < -0.4 is 9.80 Å². The topological polar surface area (TPSA) is 62.1 Å². The largest absolute Gasteiger partial charge is 0.335 e. The lowest BCUT2D eigenvalue weighted by molar-refractivity contribution is -0.883. The summed E-state index contributed by atoms with van der Waals surface area (Å²) in [5.74, 6) is 0.168. The lowest BCUT2D eigenvalue weighted by Gasteiger charge is -2.36. The Kier molecular flexibility index (Phi) is 3.89. The zero-order valence-corrected chi connectivity index (χ0v) is 14.9. The molecule has 1 amide bonds. The summed E-state index contributed by atoms with van der Waals surface area (Å²) in [6.45, 7) is 3.60. The Morgan fingerprint density at radius 3 is 2.38 bits per heavy atom. The van der Waals surface area contributed by atoms with Gasteiger partial charge < -0.3 is 9.80 Å². The first-order chi connectivity index (χ1) is 11.5. The fourth-order valence-corrected chi connectivity index (χ4v) is 5.57. The second kappa shape index (κ2) is 5.82. The first-order valence-electron chi connectivity index (χ1n) is 8.74. The summed E-state index contributed by atoms with van der Waals surface area (Å²) in [6, 6.07) is 3.62. The molecule has 0 unspecified atom stereocenters. The Morgan fingerprint density at radius 2 is 1.67 bits per heavy atom. The number of amides is 1. The van der Waals surface area contributed by atoms with Gasteiger partial charge in [0.05, 0.1) is 43.8 Å². The molecule has 3 heterocycles. The molecule has 6 nitrogen and oxygen atoms in total. The molecule has 4 rings (SSSR count). The minimum Gasteiger partial charge on any atom is -0.335 e. The van der Waals surface area contributed by atoms with Crippen molar-refractivity contribution in [3.05, 3.63) is 23.3 Å². The molecule has 1 fully saturated rings. The Morgan fingerprint density at radius 1 is 1.00 bits per heavy atom. The molecule has 3 aliphatic heterocycles. The minimum atomic E-state index is -3.44. The number of carbonyl (C=O) groups excluding carboxylic acids is 1. The third-order valence-electron chi connectivity index (χ3n) is 5.46. The van der Waals surface area contributed by atoms with Crippen molar-refractivity contribution in [3.8, 4) is 0 Å². The maximum atomic E-state index is 13.0. The molecule has 0 bridgehead atoms. The number of anilines is 1. The predicted molar refractivity (Wildman–Crippen MR) is 90.8 cm³/mol. The third kappa shape index (κ3) is 2.55. The molecular formula is C17H24N3O3S+. The van der Waals surface area contributed by atoms with Crippen LogP contribution in [0, 0.1) is 0 Å². The van der Waals surface area contributed by atoms with Gasteiger partial charge in [0, 0.05) is 13.0 Å². The van der Waals surface area contributed by atoms with Crippen LogP contribution in [0.2, 0.25) is 0 Å². The van der Waals surface area contributed by atoms with E-state index in [2.05, 4.69) is 7.05 Å². The standard InChI is InChI=1S/C17H23N3O3S/c1-18-7-9-19(10-8-18)24(22,23)15-11-13-3-2-6-20-16(21)5-4-14(12-15)17(13)20/h11-12H,2-10H2,1H3/p+1. The highest BCUT2D eigenvalue weighted by Gasteiger charge is 2.34. The number of piperazine rings is 1. The minimum absolute atomic E-state index is 0.168. The van der Waals surface area contributed by atoms with Crippen LogP contribution in [-0.4, -0.2) is 58.4 Å². The van der Waals surface area contributed by atoms with E-state index in [1.807, 2.05) is 17.0 Å². The Balaban J connectivity index is 1.74. The van der Waals surface area contributed by atoms with Gasteiger partial charge in [-0.3, -0.25) is 4.79 Å². The maximum absolute atomic E-state index is 13.0. The molecule has 130 valence electrons. The number of carbonyl (C=O) groups is 1. The van der Waals surface area contributed by atoms with Gasteiger partial charge in [-0.2, -0.15) is 4.31 Å². The number of benzene rings is 1. The second-order valence-corrected chi connectivity index (χ2v) is 9.04. The zero-order chi connectivity index (χ0) is 16.9. The SMILES string of the molecule is C[NH+]1CCN(S(=O)(=O)c2cc3c4c(c2)CCC(=O)N4CCC3)CC1. The van der Waals surface area contributed by atoms with Crippen molar-refractivity contribution in [2.45, 2.75) is 30.6 Å². The molecule has 0 radical (unpaired) electrons. The van der Waals surface area contributed by atoms with Crippen LogP contribution in [0.5, 0.6) is 0 Å². The summed E-state index contributed by atoms with van der Waals surface area (Å²) in [4.78, 5) is 15.8. The van der Waals surface area contributed by atoms with Gasteiger partial charge in [0.2, 0.25) is 15.9 Å². The highest BCUT2D eigenvalue weighted by Crippen LogP contribution is 2.38. The van der Waals surface area contributed by atoms with Gasteiger partial charge in [-0.15, -0.1) is 0 Å². The number of nitrogens with one attached hydrogen (secondary N) is 1. The van der Waals surface area contributed by atoms with E-state index in [9.17, 15) is 13.2 Å². The van der Waals surface area contributed by atoms with Crippen LogP contribution in [0.25, 0.3) is 0 Å². The quantitative estimate of drug-likeness (QED) is 0.777. The molecule has 1 saturated heterocycles. The van der Waals surface area contributed by atoms with Gasteiger partial charge in [-0.05, 0) is 42.5 Å². The van der Waals surface area contributed by atoms with Crippen molar-refractivity contribution in [2.75, 3.05) is 44.7 Å². The molecule has 0 saturated carbocycles. The van der Waals surface area contributed by atoms with Crippen molar-refractivity contribution in [2.24, 2.45) is 0 Å². The molecule has 0 aromatic heterocycles. The van der Waals surface area contributed by atoms with E-state index in [0.29, 0.717) is 30.8 Å². The van der Waals surface area contributed by atoms with E-state index in [4.69, 9.17) is 0 Å². The van der Waals surface area contributed by atoms with Crippen LogP contribution >= 0.6 is 0 Å². The summed E-state index contributed by atoms with van der Waals surface area (Å²) in [5, 5.41) is 0. The molecule has 1 aromatic rings. The fraction of sp³-hybridized carbons (Fsp3) is 0.588. The molecular weight excluding hydrogens is 326 g/mol. The van der Waals surface area contributed by atoms with E-state index in [1.54, 1.807) is 4.31 Å². The molecule has 1 N–H and O–H groups in total. The summed E-state index contributed by atoms with van der Waals surface area (Å²) in [6.07, 6.45) is 2.88. The molecule has 0 spiro atoms. The number of hydrogen-bond donors (Lipinski definition) is 1. The molecule has 0 aliphatic carbocycles. The van der Waals surface area contributed by atoms with E-state index in [-0.39, 0.29) is 5.91 Å². The van der Waals surface area contributed by atoms with Crippen molar-refractivity contribution in [1.29, 1.82) is 0 Å². The van der Waals surface area contributed by atoms with Gasteiger partial charge in [-0.1, -0.05) is 0 Å².